The molecule has 0 unspecified atom stereocenters. The van der Waals surface area contributed by atoms with Crippen LogP contribution in [0, 0.1) is 5.53 Å². The molecule has 0 aromatic rings. The molecule has 0 saturated carbocycles. The van der Waals surface area contributed by atoms with Crippen molar-refractivity contribution in [1.82, 2.24) is 4.90 Å². The Labute approximate surface area is 95.4 Å². The monoisotopic (exact) mass is 229 g/mol. The Morgan fingerprint density at radius 2 is 2.31 bits per heavy atom. The molecule has 1 amide bonds. The Morgan fingerprint density at radius 3 is 2.88 bits per heavy atom. The number of morpholine rings is 1. The molecule has 1 N–H and O–H groups in total. The molecule has 0 bridgehead atoms. The van der Waals surface area contributed by atoms with Crippen LogP contribution in [0.15, 0.2) is 5.11 Å². The average molecular weight is 229 g/mol. The van der Waals surface area contributed by atoms with Crippen LogP contribution in [0.25, 0.3) is 0 Å². The minimum absolute atomic E-state index is 0.182. The van der Waals surface area contributed by atoms with Crippen molar-refractivity contribution in [2.24, 2.45) is 5.11 Å². The Bertz CT molecular complexity index is 263. The fraction of sp³-hybridized carbons (Fsp3) is 0.900. The summed E-state index contributed by atoms with van der Waals surface area (Å²) in [5.74, 6) is 0. The number of rotatable bonds is 2. The fourth-order valence-electron chi connectivity index (χ4n) is 1.42. The van der Waals surface area contributed by atoms with Crippen molar-refractivity contribution < 1.29 is 14.3 Å². The first-order chi connectivity index (χ1) is 7.42. The lowest BCUT2D eigenvalue weighted by atomic mass is 10.2. The maximum Gasteiger partial charge on any atom is 0.410 e. The second kappa shape index (κ2) is 5.25. The quantitative estimate of drug-likeness (QED) is 0.731. The van der Waals surface area contributed by atoms with Gasteiger partial charge in [-0.25, -0.2) is 10.3 Å². The molecule has 1 rings (SSSR count). The zero-order valence-electron chi connectivity index (χ0n) is 10.0. The van der Waals surface area contributed by atoms with Crippen LogP contribution in [-0.2, 0) is 9.47 Å². The SMILES string of the molecule is CC(C)(C)OC(=O)N1CCO[C@@H](CN=N)C1. The molecule has 16 heavy (non-hydrogen) atoms. The number of amides is 1. The maximum absolute atomic E-state index is 11.7. The van der Waals surface area contributed by atoms with Crippen LogP contribution in [0.2, 0.25) is 0 Å². The van der Waals surface area contributed by atoms with E-state index in [1.807, 2.05) is 20.8 Å². The Morgan fingerprint density at radius 1 is 1.62 bits per heavy atom. The summed E-state index contributed by atoms with van der Waals surface area (Å²) < 4.78 is 10.6. The molecule has 0 spiro atoms. The van der Waals surface area contributed by atoms with Gasteiger partial charge >= 0.3 is 6.09 Å². The first kappa shape index (κ1) is 12.9. The Balaban J connectivity index is 2.47. The highest BCUT2D eigenvalue weighted by Crippen LogP contribution is 2.13. The van der Waals surface area contributed by atoms with Gasteiger partial charge in [0.15, 0.2) is 0 Å². The molecule has 6 nitrogen and oxygen atoms in total. The summed E-state index contributed by atoms with van der Waals surface area (Å²) in [7, 11) is 0. The fourth-order valence-corrected chi connectivity index (χ4v) is 1.42. The van der Waals surface area contributed by atoms with Crippen LogP contribution in [0.4, 0.5) is 4.79 Å². The number of hydrogen-bond donors (Lipinski definition) is 1. The van der Waals surface area contributed by atoms with Crippen LogP contribution >= 0.6 is 0 Å². The van der Waals surface area contributed by atoms with Crippen LogP contribution in [0.5, 0.6) is 0 Å². The van der Waals surface area contributed by atoms with Crippen LogP contribution in [0.3, 0.4) is 0 Å². The van der Waals surface area contributed by atoms with Gasteiger partial charge in [-0.2, -0.15) is 5.11 Å². The molecule has 0 aromatic carbocycles. The van der Waals surface area contributed by atoms with Crippen molar-refractivity contribution in [3.8, 4) is 0 Å². The molecular weight excluding hydrogens is 210 g/mol. The highest BCUT2D eigenvalue weighted by atomic mass is 16.6. The molecule has 1 atom stereocenters. The van der Waals surface area contributed by atoms with Crippen molar-refractivity contribution in [2.75, 3.05) is 26.2 Å². The lowest BCUT2D eigenvalue weighted by Gasteiger charge is -2.33. The molecule has 1 heterocycles. The second-order valence-electron chi connectivity index (χ2n) is 4.76. The molecule has 1 aliphatic heterocycles. The molecule has 92 valence electrons. The van der Waals surface area contributed by atoms with Gasteiger partial charge in [-0.3, -0.25) is 0 Å². The molecule has 0 radical (unpaired) electrons. The zero-order chi connectivity index (χ0) is 12.2. The number of nitrogens with zero attached hydrogens (tertiary/aromatic N) is 2. The standard InChI is InChI=1S/C10H19N3O3/c1-10(2,3)16-9(14)13-4-5-15-8(7-13)6-12-11/h8,11H,4-7H2,1-3H3/t8-/m0/s1. The van der Waals surface area contributed by atoms with Gasteiger partial charge in [0.25, 0.3) is 0 Å². The predicted octanol–water partition coefficient (Wildman–Crippen LogP) is 1.65. The lowest BCUT2D eigenvalue weighted by Crippen LogP contribution is -2.48. The highest BCUT2D eigenvalue weighted by Gasteiger charge is 2.27. The van der Waals surface area contributed by atoms with E-state index in [0.717, 1.165) is 0 Å². The zero-order valence-corrected chi connectivity index (χ0v) is 10.0. The van der Waals surface area contributed by atoms with Crippen LogP contribution in [-0.4, -0.2) is 48.9 Å². The van der Waals surface area contributed by atoms with Crippen LogP contribution in [0.1, 0.15) is 20.8 Å². The Hall–Kier alpha value is -1.17. The lowest BCUT2D eigenvalue weighted by molar-refractivity contribution is -0.0388. The minimum Gasteiger partial charge on any atom is -0.444 e. The molecule has 6 heteroatoms. The van der Waals surface area contributed by atoms with Gasteiger partial charge in [0.2, 0.25) is 0 Å². The first-order valence-electron chi connectivity index (χ1n) is 5.35. The van der Waals surface area contributed by atoms with Gasteiger partial charge in [0.1, 0.15) is 5.60 Å². The van der Waals surface area contributed by atoms with Gasteiger partial charge in [-0.15, -0.1) is 0 Å². The van der Waals surface area contributed by atoms with E-state index in [1.54, 1.807) is 4.90 Å². The first-order valence-corrected chi connectivity index (χ1v) is 5.35. The molecule has 0 aromatic heterocycles. The number of carbonyl (C=O) groups is 1. The topological polar surface area (TPSA) is 75.0 Å². The van der Waals surface area contributed by atoms with Crippen molar-refractivity contribution in [3.63, 3.8) is 0 Å². The predicted molar refractivity (Wildman–Crippen MR) is 57.6 cm³/mol. The van der Waals surface area contributed by atoms with E-state index in [0.29, 0.717) is 26.2 Å². The third-order valence-electron chi connectivity index (χ3n) is 2.09. The van der Waals surface area contributed by atoms with E-state index in [9.17, 15) is 4.79 Å². The van der Waals surface area contributed by atoms with E-state index in [1.165, 1.54) is 0 Å². The van der Waals surface area contributed by atoms with Crippen molar-refractivity contribution in [3.05, 3.63) is 0 Å². The molecular formula is C10H19N3O3. The van der Waals surface area contributed by atoms with Gasteiger partial charge in [-0.05, 0) is 20.8 Å². The maximum atomic E-state index is 11.7. The number of nitrogens with one attached hydrogen (secondary N) is 1. The van der Waals surface area contributed by atoms with E-state index in [-0.39, 0.29) is 12.2 Å². The van der Waals surface area contributed by atoms with Gasteiger partial charge in [0, 0.05) is 6.54 Å². The van der Waals surface area contributed by atoms with Crippen molar-refractivity contribution >= 4 is 6.09 Å². The Kier molecular flexibility index (Phi) is 4.23. The molecule has 1 fully saturated rings. The summed E-state index contributed by atoms with van der Waals surface area (Å²) in [6.45, 7) is 7.24. The summed E-state index contributed by atoms with van der Waals surface area (Å²) in [5, 5.41) is 3.27. The smallest absolute Gasteiger partial charge is 0.410 e. The van der Waals surface area contributed by atoms with E-state index in [4.69, 9.17) is 15.0 Å². The number of hydrogen-bond acceptors (Lipinski definition) is 5. The summed E-state index contributed by atoms with van der Waals surface area (Å²) in [4.78, 5) is 13.3. The summed E-state index contributed by atoms with van der Waals surface area (Å²) in [6, 6.07) is 0. The average Bonchev–Trinajstić information content (AvgIpc) is 2.16. The normalized spacial score (nSPS) is 21.7. The van der Waals surface area contributed by atoms with Crippen LogP contribution < -0.4 is 0 Å². The van der Waals surface area contributed by atoms with Gasteiger partial charge in [0.05, 0.1) is 25.8 Å². The molecule has 1 aliphatic rings. The van der Waals surface area contributed by atoms with E-state index >= 15 is 0 Å². The molecule has 1 saturated heterocycles. The van der Waals surface area contributed by atoms with Gasteiger partial charge in [-0.1, -0.05) is 0 Å². The van der Waals surface area contributed by atoms with Crippen molar-refractivity contribution in [1.29, 1.82) is 5.53 Å². The van der Waals surface area contributed by atoms with Crippen molar-refractivity contribution in [2.45, 2.75) is 32.5 Å². The summed E-state index contributed by atoms with van der Waals surface area (Å²) in [5.41, 5.74) is 6.29. The highest BCUT2D eigenvalue weighted by molar-refractivity contribution is 5.68. The summed E-state index contributed by atoms with van der Waals surface area (Å²) in [6.07, 6.45) is -0.510. The largest absolute Gasteiger partial charge is 0.444 e. The number of carbonyl (C=O) groups excluding carboxylic acids is 1. The summed E-state index contributed by atoms with van der Waals surface area (Å²) >= 11 is 0. The molecule has 0 aliphatic carbocycles. The third kappa shape index (κ3) is 4.14. The van der Waals surface area contributed by atoms with E-state index in [2.05, 4.69) is 5.11 Å². The second-order valence-corrected chi connectivity index (χ2v) is 4.76. The minimum atomic E-state index is -0.481. The number of ether oxygens (including phenoxy) is 2. The van der Waals surface area contributed by atoms with Gasteiger partial charge < -0.3 is 14.4 Å². The third-order valence-corrected chi connectivity index (χ3v) is 2.09. The van der Waals surface area contributed by atoms with E-state index < -0.39 is 5.60 Å².